The van der Waals surface area contributed by atoms with Gasteiger partial charge < -0.3 is 4.90 Å². The van der Waals surface area contributed by atoms with E-state index >= 15 is 0 Å². The standard InChI is InChI=1S/C18H22F3N3S.ClH/c1-2-4-17-22-15(13-25-17)12-23-7-9-24(10-8-23)16-6-3-5-14(11-16)18(19,20)21;/h3,5-6,11,13H,2,4,7-10,12H2,1H3;1H. The van der Waals surface area contributed by atoms with Crippen LogP contribution in [-0.2, 0) is 19.1 Å². The molecule has 0 radical (unpaired) electrons. The van der Waals surface area contributed by atoms with Crippen molar-refractivity contribution in [1.82, 2.24) is 9.88 Å². The number of aromatic nitrogens is 1. The Hall–Kier alpha value is -1.31. The lowest BCUT2D eigenvalue weighted by atomic mass is 10.1. The lowest BCUT2D eigenvalue weighted by Gasteiger charge is -2.36. The third kappa shape index (κ3) is 5.34. The van der Waals surface area contributed by atoms with E-state index in [1.165, 1.54) is 17.1 Å². The molecule has 0 bridgehead atoms. The SMILES string of the molecule is CCCc1nc(CN2CCN(c3cccc(C(F)(F)F)c3)CC2)cs1.Cl. The highest BCUT2D eigenvalue weighted by molar-refractivity contribution is 7.09. The predicted molar refractivity (Wildman–Crippen MR) is 102 cm³/mol. The van der Waals surface area contributed by atoms with E-state index < -0.39 is 11.7 Å². The van der Waals surface area contributed by atoms with Crippen LogP contribution in [0.5, 0.6) is 0 Å². The summed E-state index contributed by atoms with van der Waals surface area (Å²) >= 11 is 1.71. The number of alkyl halides is 3. The number of aryl methyl sites for hydroxylation is 1. The summed E-state index contributed by atoms with van der Waals surface area (Å²) in [7, 11) is 0. The molecule has 3 nitrogen and oxygen atoms in total. The number of hydrogen-bond donors (Lipinski definition) is 0. The van der Waals surface area contributed by atoms with Gasteiger partial charge in [0.2, 0.25) is 0 Å². The van der Waals surface area contributed by atoms with Gasteiger partial charge in [-0.15, -0.1) is 23.7 Å². The summed E-state index contributed by atoms with van der Waals surface area (Å²) in [6.45, 7) is 6.08. The number of thiazole rings is 1. The van der Waals surface area contributed by atoms with E-state index in [-0.39, 0.29) is 12.4 Å². The molecular formula is C18H23ClF3N3S. The molecule has 8 heteroatoms. The minimum absolute atomic E-state index is 0. The highest BCUT2D eigenvalue weighted by Gasteiger charge is 2.31. The van der Waals surface area contributed by atoms with Gasteiger partial charge in [0.05, 0.1) is 16.3 Å². The van der Waals surface area contributed by atoms with Gasteiger partial charge in [-0.25, -0.2) is 4.98 Å². The molecule has 2 aromatic rings. The average Bonchev–Trinajstić information content (AvgIpc) is 3.02. The second kappa shape index (κ2) is 9.06. The van der Waals surface area contributed by atoms with Crippen molar-refractivity contribution in [3.8, 4) is 0 Å². The zero-order valence-corrected chi connectivity index (χ0v) is 16.3. The molecule has 0 N–H and O–H groups in total. The number of rotatable bonds is 5. The van der Waals surface area contributed by atoms with Crippen LogP contribution in [-0.4, -0.2) is 36.1 Å². The number of halogens is 4. The van der Waals surface area contributed by atoms with Crippen LogP contribution in [0, 0.1) is 0 Å². The minimum atomic E-state index is -4.29. The molecule has 1 saturated heterocycles. The summed E-state index contributed by atoms with van der Waals surface area (Å²) in [5.74, 6) is 0. The van der Waals surface area contributed by atoms with E-state index in [4.69, 9.17) is 0 Å². The molecule has 0 unspecified atom stereocenters. The van der Waals surface area contributed by atoms with Gasteiger partial charge in [0, 0.05) is 43.8 Å². The van der Waals surface area contributed by atoms with E-state index in [9.17, 15) is 13.2 Å². The van der Waals surface area contributed by atoms with E-state index in [0.717, 1.165) is 57.3 Å². The Bertz CT molecular complexity index is 697. The van der Waals surface area contributed by atoms with E-state index in [1.807, 2.05) is 4.90 Å². The fourth-order valence-electron chi connectivity index (χ4n) is 3.02. The van der Waals surface area contributed by atoms with E-state index in [1.54, 1.807) is 17.4 Å². The monoisotopic (exact) mass is 405 g/mol. The topological polar surface area (TPSA) is 19.4 Å². The Labute approximate surface area is 162 Å². The number of anilines is 1. The minimum Gasteiger partial charge on any atom is -0.369 e. The summed E-state index contributed by atoms with van der Waals surface area (Å²) in [5.41, 5.74) is 1.16. The second-order valence-corrected chi connectivity index (χ2v) is 7.24. The normalized spacial score (nSPS) is 15.8. The van der Waals surface area contributed by atoms with Crippen molar-refractivity contribution in [3.05, 3.63) is 45.9 Å². The molecule has 3 rings (SSSR count). The first kappa shape index (κ1) is 21.0. The summed E-state index contributed by atoms with van der Waals surface area (Å²) in [4.78, 5) is 8.99. The second-order valence-electron chi connectivity index (χ2n) is 6.29. The van der Waals surface area contributed by atoms with Crippen LogP contribution in [0.2, 0.25) is 0 Å². The zero-order valence-electron chi connectivity index (χ0n) is 14.6. The summed E-state index contributed by atoms with van der Waals surface area (Å²) in [6, 6.07) is 5.60. The van der Waals surface area contributed by atoms with Crippen molar-refractivity contribution in [2.75, 3.05) is 31.1 Å². The fraction of sp³-hybridized carbons (Fsp3) is 0.500. The Kier molecular flexibility index (Phi) is 7.32. The smallest absolute Gasteiger partial charge is 0.369 e. The predicted octanol–water partition coefficient (Wildman–Crippen LogP) is 4.86. The number of piperazine rings is 1. The molecule has 1 aliphatic rings. The Morgan fingerprint density at radius 3 is 2.54 bits per heavy atom. The van der Waals surface area contributed by atoms with Crippen LogP contribution < -0.4 is 4.90 Å². The van der Waals surface area contributed by atoms with E-state index in [0.29, 0.717) is 5.69 Å². The van der Waals surface area contributed by atoms with Gasteiger partial charge in [-0.1, -0.05) is 13.0 Å². The van der Waals surface area contributed by atoms with Gasteiger partial charge in [0.1, 0.15) is 0 Å². The molecule has 144 valence electrons. The zero-order chi connectivity index (χ0) is 17.9. The van der Waals surface area contributed by atoms with Crippen molar-refractivity contribution in [1.29, 1.82) is 0 Å². The maximum atomic E-state index is 12.9. The molecule has 0 saturated carbocycles. The molecule has 1 aromatic heterocycles. The van der Waals surface area contributed by atoms with Crippen LogP contribution >= 0.6 is 23.7 Å². The van der Waals surface area contributed by atoms with Crippen molar-refractivity contribution in [2.24, 2.45) is 0 Å². The number of benzene rings is 1. The third-order valence-electron chi connectivity index (χ3n) is 4.36. The lowest BCUT2D eigenvalue weighted by Crippen LogP contribution is -2.46. The highest BCUT2D eigenvalue weighted by atomic mass is 35.5. The Morgan fingerprint density at radius 2 is 1.88 bits per heavy atom. The first-order valence-corrected chi connectivity index (χ1v) is 9.41. The largest absolute Gasteiger partial charge is 0.416 e. The van der Waals surface area contributed by atoms with Gasteiger partial charge in [-0.05, 0) is 31.0 Å². The molecule has 0 spiro atoms. The fourth-order valence-corrected chi connectivity index (χ4v) is 3.91. The molecule has 1 fully saturated rings. The van der Waals surface area contributed by atoms with Crippen molar-refractivity contribution in [3.63, 3.8) is 0 Å². The Balaban J connectivity index is 0.00000243. The van der Waals surface area contributed by atoms with Crippen LogP contribution in [0.15, 0.2) is 29.6 Å². The molecule has 26 heavy (non-hydrogen) atoms. The lowest BCUT2D eigenvalue weighted by molar-refractivity contribution is -0.137. The van der Waals surface area contributed by atoms with Crippen LogP contribution in [0.4, 0.5) is 18.9 Å². The Morgan fingerprint density at radius 1 is 1.15 bits per heavy atom. The summed E-state index contributed by atoms with van der Waals surface area (Å²) < 4.78 is 38.6. The maximum absolute atomic E-state index is 12.9. The molecule has 0 aliphatic carbocycles. The first-order chi connectivity index (χ1) is 12.0. The number of nitrogens with zero attached hydrogens (tertiary/aromatic N) is 3. The van der Waals surface area contributed by atoms with Crippen LogP contribution in [0.25, 0.3) is 0 Å². The number of hydrogen-bond acceptors (Lipinski definition) is 4. The van der Waals surface area contributed by atoms with Gasteiger partial charge >= 0.3 is 6.18 Å². The van der Waals surface area contributed by atoms with Crippen molar-refractivity contribution in [2.45, 2.75) is 32.5 Å². The molecular weight excluding hydrogens is 383 g/mol. The maximum Gasteiger partial charge on any atom is 0.416 e. The van der Waals surface area contributed by atoms with Crippen LogP contribution in [0.1, 0.15) is 29.6 Å². The molecule has 1 aliphatic heterocycles. The quantitative estimate of drug-likeness (QED) is 0.708. The van der Waals surface area contributed by atoms with Gasteiger partial charge in [-0.3, -0.25) is 4.90 Å². The summed E-state index contributed by atoms with van der Waals surface area (Å²) in [5, 5.41) is 3.30. The van der Waals surface area contributed by atoms with Crippen molar-refractivity contribution >= 4 is 29.4 Å². The molecule has 0 amide bonds. The highest BCUT2D eigenvalue weighted by Crippen LogP contribution is 2.32. The van der Waals surface area contributed by atoms with Gasteiger partial charge in [0.25, 0.3) is 0 Å². The van der Waals surface area contributed by atoms with Crippen molar-refractivity contribution < 1.29 is 13.2 Å². The third-order valence-corrected chi connectivity index (χ3v) is 5.32. The first-order valence-electron chi connectivity index (χ1n) is 8.53. The van der Waals surface area contributed by atoms with Gasteiger partial charge in [-0.2, -0.15) is 13.2 Å². The average molecular weight is 406 g/mol. The summed E-state index contributed by atoms with van der Waals surface area (Å²) in [6.07, 6.45) is -2.17. The van der Waals surface area contributed by atoms with Crippen LogP contribution in [0.3, 0.4) is 0 Å². The molecule has 1 aromatic carbocycles. The van der Waals surface area contributed by atoms with E-state index in [2.05, 4.69) is 22.2 Å². The van der Waals surface area contributed by atoms with Gasteiger partial charge in [0.15, 0.2) is 0 Å². The molecule has 2 heterocycles. The molecule has 0 atom stereocenters.